The van der Waals surface area contributed by atoms with E-state index in [4.69, 9.17) is 0 Å². The first kappa shape index (κ1) is 14.0. The van der Waals surface area contributed by atoms with E-state index in [1.165, 1.54) is 17.6 Å². The minimum absolute atomic E-state index is 0.0144. The highest BCUT2D eigenvalue weighted by Crippen LogP contribution is 2.44. The molecule has 6 nitrogen and oxygen atoms in total. The van der Waals surface area contributed by atoms with Crippen molar-refractivity contribution in [2.75, 3.05) is 4.90 Å². The van der Waals surface area contributed by atoms with Gasteiger partial charge in [-0.3, -0.25) is 18.9 Å². The van der Waals surface area contributed by atoms with Crippen LogP contribution in [0.5, 0.6) is 0 Å². The SMILES string of the molecule is CC1(C)C(=O)N(c2cnn(-c3cc(=O)[nH]s3)c2)c2ccccc21. The second kappa shape index (κ2) is 4.66. The highest BCUT2D eigenvalue weighted by Gasteiger charge is 2.44. The van der Waals surface area contributed by atoms with Crippen LogP contribution in [0, 0.1) is 0 Å². The van der Waals surface area contributed by atoms with Gasteiger partial charge in [-0.25, -0.2) is 4.68 Å². The minimum Gasteiger partial charge on any atom is -0.277 e. The summed E-state index contributed by atoms with van der Waals surface area (Å²) in [6, 6.07) is 9.26. The monoisotopic (exact) mass is 326 g/mol. The number of benzene rings is 1. The molecule has 1 amide bonds. The number of aromatic nitrogens is 3. The zero-order chi connectivity index (χ0) is 16.2. The van der Waals surface area contributed by atoms with E-state index < -0.39 is 5.41 Å². The van der Waals surface area contributed by atoms with Crippen LogP contribution in [0.15, 0.2) is 47.5 Å². The number of rotatable bonds is 2. The average Bonchev–Trinajstić information content (AvgIpc) is 3.20. The number of anilines is 2. The van der Waals surface area contributed by atoms with E-state index >= 15 is 0 Å². The number of H-pyrrole nitrogens is 1. The van der Waals surface area contributed by atoms with Crippen molar-refractivity contribution in [3.8, 4) is 5.00 Å². The molecular formula is C16H14N4O2S. The summed E-state index contributed by atoms with van der Waals surface area (Å²) < 4.78 is 4.22. The molecule has 0 spiro atoms. The number of nitrogens with zero attached hydrogens (tertiary/aromatic N) is 3. The third-order valence-electron chi connectivity index (χ3n) is 4.12. The Morgan fingerprint density at radius 1 is 1.22 bits per heavy atom. The predicted octanol–water partition coefficient (Wildman–Crippen LogP) is 2.58. The van der Waals surface area contributed by atoms with Crippen molar-refractivity contribution in [2.24, 2.45) is 0 Å². The van der Waals surface area contributed by atoms with Gasteiger partial charge in [0.25, 0.3) is 5.56 Å². The first-order valence-corrected chi connectivity index (χ1v) is 7.98. The second-order valence-electron chi connectivity index (χ2n) is 5.98. The standard InChI is InChI=1S/C16H14N4O2S/c1-16(2)11-5-3-4-6-12(11)20(15(16)22)10-8-17-19(9-10)14-7-13(21)18-23-14/h3-9H,1-2H3,(H,18,21). The lowest BCUT2D eigenvalue weighted by molar-refractivity contribution is -0.121. The highest BCUT2D eigenvalue weighted by molar-refractivity contribution is 7.08. The molecule has 0 atom stereocenters. The molecule has 4 rings (SSSR count). The molecule has 2 aromatic heterocycles. The van der Waals surface area contributed by atoms with Crippen molar-refractivity contribution in [2.45, 2.75) is 19.3 Å². The highest BCUT2D eigenvalue weighted by atomic mass is 32.1. The van der Waals surface area contributed by atoms with E-state index in [1.54, 1.807) is 22.0 Å². The van der Waals surface area contributed by atoms with Gasteiger partial charge in [-0.2, -0.15) is 5.10 Å². The van der Waals surface area contributed by atoms with Crippen LogP contribution in [-0.2, 0) is 10.2 Å². The summed E-state index contributed by atoms with van der Waals surface area (Å²) in [5.74, 6) is 0.0144. The Bertz CT molecular complexity index is 966. The van der Waals surface area contributed by atoms with Crippen molar-refractivity contribution < 1.29 is 4.79 Å². The summed E-state index contributed by atoms with van der Waals surface area (Å²) in [6.07, 6.45) is 3.40. The molecule has 0 radical (unpaired) electrons. The molecule has 0 fully saturated rings. The van der Waals surface area contributed by atoms with E-state index in [0.29, 0.717) is 10.7 Å². The first-order valence-electron chi connectivity index (χ1n) is 7.16. The van der Waals surface area contributed by atoms with Crippen LogP contribution in [0.1, 0.15) is 19.4 Å². The van der Waals surface area contributed by atoms with Crippen molar-refractivity contribution in [1.82, 2.24) is 14.2 Å². The maximum atomic E-state index is 12.9. The van der Waals surface area contributed by atoms with Crippen LogP contribution in [0.3, 0.4) is 0 Å². The molecule has 1 aliphatic rings. The molecule has 0 saturated carbocycles. The molecule has 1 aliphatic heterocycles. The van der Waals surface area contributed by atoms with Gasteiger partial charge in [0.2, 0.25) is 5.91 Å². The molecule has 116 valence electrons. The predicted molar refractivity (Wildman–Crippen MR) is 88.7 cm³/mol. The third kappa shape index (κ3) is 1.97. The Hall–Kier alpha value is -2.67. The molecule has 3 heterocycles. The van der Waals surface area contributed by atoms with Gasteiger partial charge in [0.1, 0.15) is 5.00 Å². The summed E-state index contributed by atoms with van der Waals surface area (Å²) in [6.45, 7) is 3.85. The number of hydrogen-bond acceptors (Lipinski definition) is 4. The molecule has 1 N–H and O–H groups in total. The van der Waals surface area contributed by atoms with Gasteiger partial charge >= 0.3 is 0 Å². The number of carbonyl (C=O) groups excluding carboxylic acids is 1. The van der Waals surface area contributed by atoms with E-state index in [2.05, 4.69) is 9.47 Å². The lowest BCUT2D eigenvalue weighted by atomic mass is 9.86. The zero-order valence-corrected chi connectivity index (χ0v) is 13.4. The Morgan fingerprint density at radius 3 is 2.74 bits per heavy atom. The quantitative estimate of drug-likeness (QED) is 0.787. The summed E-state index contributed by atoms with van der Waals surface area (Å²) in [5, 5.41) is 4.95. The third-order valence-corrected chi connectivity index (χ3v) is 4.94. The Labute approximate surface area is 136 Å². The van der Waals surface area contributed by atoms with Gasteiger partial charge in [0.15, 0.2) is 0 Å². The molecule has 0 bridgehead atoms. The molecule has 23 heavy (non-hydrogen) atoms. The number of hydrogen-bond donors (Lipinski definition) is 1. The van der Waals surface area contributed by atoms with Gasteiger partial charge in [-0.15, -0.1) is 0 Å². The van der Waals surface area contributed by atoms with Crippen LogP contribution in [0.2, 0.25) is 0 Å². The normalized spacial score (nSPS) is 15.9. The molecule has 3 aromatic rings. The van der Waals surface area contributed by atoms with Crippen molar-refractivity contribution in [1.29, 1.82) is 0 Å². The molecule has 0 unspecified atom stereocenters. The van der Waals surface area contributed by atoms with Gasteiger partial charge in [-0.1, -0.05) is 18.2 Å². The zero-order valence-electron chi connectivity index (χ0n) is 12.6. The van der Waals surface area contributed by atoms with E-state index in [0.717, 1.165) is 11.3 Å². The van der Waals surface area contributed by atoms with E-state index in [9.17, 15) is 9.59 Å². The molecule has 0 aliphatic carbocycles. The van der Waals surface area contributed by atoms with Crippen LogP contribution < -0.4 is 10.5 Å². The van der Waals surface area contributed by atoms with Gasteiger partial charge in [-0.05, 0) is 37.0 Å². The van der Waals surface area contributed by atoms with Crippen molar-refractivity contribution >= 4 is 28.8 Å². The van der Waals surface area contributed by atoms with Crippen LogP contribution in [0.4, 0.5) is 11.4 Å². The van der Waals surface area contributed by atoms with Crippen LogP contribution in [-0.4, -0.2) is 20.1 Å². The smallest absolute Gasteiger partial charge is 0.260 e. The largest absolute Gasteiger partial charge is 0.277 e. The number of aromatic amines is 1. The fourth-order valence-electron chi connectivity index (χ4n) is 2.89. The maximum absolute atomic E-state index is 12.9. The van der Waals surface area contributed by atoms with Gasteiger partial charge < -0.3 is 0 Å². The maximum Gasteiger partial charge on any atom is 0.260 e. The fourth-order valence-corrected chi connectivity index (χ4v) is 3.52. The average molecular weight is 326 g/mol. The minimum atomic E-state index is -0.572. The lowest BCUT2D eigenvalue weighted by Gasteiger charge is -2.18. The summed E-state index contributed by atoms with van der Waals surface area (Å²) in [5.41, 5.74) is 1.84. The Balaban J connectivity index is 1.81. The Kier molecular flexibility index (Phi) is 2.83. The van der Waals surface area contributed by atoms with E-state index in [1.807, 2.05) is 38.1 Å². The Morgan fingerprint density at radius 2 is 2.00 bits per heavy atom. The number of carbonyl (C=O) groups is 1. The van der Waals surface area contributed by atoms with Crippen molar-refractivity contribution in [3.05, 3.63) is 58.6 Å². The molecular weight excluding hydrogens is 312 g/mol. The van der Waals surface area contributed by atoms with Crippen LogP contribution >= 0.6 is 11.5 Å². The summed E-state index contributed by atoms with van der Waals surface area (Å²) in [7, 11) is 0. The van der Waals surface area contributed by atoms with Crippen LogP contribution in [0.25, 0.3) is 5.00 Å². The second-order valence-corrected chi connectivity index (χ2v) is 6.80. The van der Waals surface area contributed by atoms with Crippen molar-refractivity contribution in [3.63, 3.8) is 0 Å². The topological polar surface area (TPSA) is 71.0 Å². The number of nitrogens with one attached hydrogen (secondary N) is 1. The molecule has 1 aromatic carbocycles. The molecule has 0 saturated heterocycles. The first-order chi connectivity index (χ1) is 11.0. The number of amides is 1. The van der Waals surface area contributed by atoms with E-state index in [-0.39, 0.29) is 11.5 Å². The van der Waals surface area contributed by atoms with Gasteiger partial charge in [0, 0.05) is 6.07 Å². The summed E-state index contributed by atoms with van der Waals surface area (Å²) >= 11 is 1.20. The number of fused-ring (bicyclic) bond motifs is 1. The molecule has 7 heteroatoms. The number of para-hydroxylation sites is 1. The fraction of sp³-hybridized carbons (Fsp3) is 0.188. The van der Waals surface area contributed by atoms with Gasteiger partial charge in [0.05, 0.1) is 29.2 Å². The summed E-state index contributed by atoms with van der Waals surface area (Å²) in [4.78, 5) is 25.8. The lowest BCUT2D eigenvalue weighted by Crippen LogP contribution is -2.32.